The van der Waals surface area contributed by atoms with E-state index in [2.05, 4.69) is 24.4 Å². The van der Waals surface area contributed by atoms with Crippen LogP contribution in [0.15, 0.2) is 60.7 Å². The monoisotopic (exact) mass is 343 g/mol. The van der Waals surface area contributed by atoms with Gasteiger partial charge in [-0.3, -0.25) is 0 Å². The zero-order valence-corrected chi connectivity index (χ0v) is 14.2. The molecule has 0 amide bonds. The molecule has 4 heteroatoms. The minimum absolute atomic E-state index is 0.0788. The van der Waals surface area contributed by atoms with Crippen LogP contribution in [0.5, 0.6) is 0 Å². The largest absolute Gasteiger partial charge is 0.305 e. The van der Waals surface area contributed by atoms with Gasteiger partial charge in [0.2, 0.25) is 0 Å². The average molecular weight is 343 g/mol. The van der Waals surface area contributed by atoms with Crippen LogP contribution in [0.25, 0.3) is 0 Å². The maximum atomic E-state index is 13.6. The first kappa shape index (κ1) is 16.8. The molecule has 0 bridgehead atoms. The molecule has 24 heavy (non-hydrogen) atoms. The van der Waals surface area contributed by atoms with Crippen LogP contribution >= 0.6 is 11.3 Å². The van der Waals surface area contributed by atoms with Crippen molar-refractivity contribution in [2.45, 2.75) is 25.9 Å². The highest BCUT2D eigenvalue weighted by Gasteiger charge is 2.14. The average Bonchev–Trinajstić information content (AvgIpc) is 2.97. The van der Waals surface area contributed by atoms with E-state index in [0.29, 0.717) is 13.0 Å². The first-order valence-electron chi connectivity index (χ1n) is 7.89. The van der Waals surface area contributed by atoms with E-state index in [0.717, 1.165) is 11.1 Å². The van der Waals surface area contributed by atoms with Gasteiger partial charge in [0.05, 0.1) is 0 Å². The van der Waals surface area contributed by atoms with Gasteiger partial charge in [-0.15, -0.1) is 11.3 Å². The number of halogens is 2. The topological polar surface area (TPSA) is 12.0 Å². The highest BCUT2D eigenvalue weighted by Crippen LogP contribution is 2.22. The number of rotatable bonds is 6. The number of benzene rings is 2. The summed E-state index contributed by atoms with van der Waals surface area (Å²) in [6.07, 6.45) is 0.603. The number of nitrogens with one attached hydrogen (secondary N) is 1. The predicted octanol–water partition coefficient (Wildman–Crippen LogP) is 5.41. The summed E-state index contributed by atoms with van der Waals surface area (Å²) in [6, 6.07) is 17.3. The Bertz CT molecular complexity index is 813. The van der Waals surface area contributed by atoms with Crippen LogP contribution in [-0.4, -0.2) is 0 Å². The third-order valence-electron chi connectivity index (χ3n) is 3.90. The van der Waals surface area contributed by atoms with Crippen molar-refractivity contribution in [1.82, 2.24) is 5.32 Å². The maximum absolute atomic E-state index is 13.6. The van der Waals surface area contributed by atoms with Crippen molar-refractivity contribution < 1.29 is 8.78 Å². The predicted molar refractivity (Wildman–Crippen MR) is 95.1 cm³/mol. The van der Waals surface area contributed by atoms with E-state index < -0.39 is 0 Å². The Morgan fingerprint density at radius 1 is 0.958 bits per heavy atom. The highest BCUT2D eigenvalue weighted by molar-refractivity contribution is 7.11. The molecule has 0 aliphatic carbocycles. The zero-order valence-electron chi connectivity index (χ0n) is 13.4. The molecule has 1 unspecified atom stereocenters. The fraction of sp³-hybridized carbons (Fsp3) is 0.200. The smallest absolute Gasteiger partial charge is 0.123 e. The van der Waals surface area contributed by atoms with Crippen LogP contribution in [0.4, 0.5) is 8.78 Å². The summed E-state index contributed by atoms with van der Waals surface area (Å²) in [5.74, 6) is -0.509. The van der Waals surface area contributed by atoms with Crippen molar-refractivity contribution in [3.63, 3.8) is 0 Å². The van der Waals surface area contributed by atoms with E-state index in [4.69, 9.17) is 0 Å². The highest BCUT2D eigenvalue weighted by atomic mass is 32.1. The molecule has 0 saturated carbocycles. The van der Waals surface area contributed by atoms with Crippen molar-refractivity contribution in [1.29, 1.82) is 0 Å². The molecule has 1 heterocycles. The fourth-order valence-corrected chi connectivity index (χ4v) is 3.58. The fourth-order valence-electron chi connectivity index (χ4n) is 2.73. The van der Waals surface area contributed by atoms with E-state index in [1.165, 1.54) is 34.0 Å². The Hall–Kier alpha value is -2.04. The van der Waals surface area contributed by atoms with Gasteiger partial charge >= 0.3 is 0 Å². The van der Waals surface area contributed by atoms with Crippen LogP contribution in [0.1, 0.15) is 26.9 Å². The van der Waals surface area contributed by atoms with Crippen LogP contribution in [0.3, 0.4) is 0 Å². The van der Waals surface area contributed by atoms with Gasteiger partial charge < -0.3 is 5.32 Å². The normalized spacial score (nSPS) is 12.3. The molecule has 3 rings (SSSR count). The van der Waals surface area contributed by atoms with Crippen molar-refractivity contribution in [2.24, 2.45) is 0 Å². The molecular weight excluding hydrogens is 324 g/mol. The number of hydrogen-bond donors (Lipinski definition) is 1. The number of hydrogen-bond acceptors (Lipinski definition) is 2. The zero-order chi connectivity index (χ0) is 16.9. The van der Waals surface area contributed by atoms with Crippen molar-refractivity contribution in [2.75, 3.05) is 0 Å². The molecule has 124 valence electrons. The SMILES string of the molecule is Cc1ccc(CNC(Cc2cccc(F)c2)c2cccc(F)c2)s1. The first-order chi connectivity index (χ1) is 11.6. The summed E-state index contributed by atoms with van der Waals surface area (Å²) < 4.78 is 27.1. The van der Waals surface area contributed by atoms with Crippen molar-refractivity contribution in [3.8, 4) is 0 Å². The Morgan fingerprint density at radius 3 is 2.38 bits per heavy atom. The van der Waals surface area contributed by atoms with Gasteiger partial charge in [-0.25, -0.2) is 8.78 Å². The quantitative estimate of drug-likeness (QED) is 0.631. The van der Waals surface area contributed by atoms with E-state index >= 15 is 0 Å². The van der Waals surface area contributed by atoms with Crippen LogP contribution < -0.4 is 5.32 Å². The van der Waals surface area contributed by atoms with Gasteiger partial charge in [0.25, 0.3) is 0 Å². The van der Waals surface area contributed by atoms with Gasteiger partial charge in [-0.05, 0) is 60.9 Å². The van der Waals surface area contributed by atoms with Crippen molar-refractivity contribution >= 4 is 11.3 Å². The maximum Gasteiger partial charge on any atom is 0.123 e. The molecule has 0 fully saturated rings. The minimum Gasteiger partial charge on any atom is -0.305 e. The molecule has 1 N–H and O–H groups in total. The Kier molecular flexibility index (Phi) is 5.38. The second-order valence-electron chi connectivity index (χ2n) is 5.83. The summed E-state index contributed by atoms with van der Waals surface area (Å²) in [5, 5.41) is 3.48. The number of aryl methyl sites for hydroxylation is 1. The van der Waals surface area contributed by atoms with Crippen LogP contribution in [-0.2, 0) is 13.0 Å². The second kappa shape index (κ2) is 7.69. The molecule has 0 radical (unpaired) electrons. The summed E-state index contributed by atoms with van der Waals surface area (Å²) in [7, 11) is 0. The minimum atomic E-state index is -0.259. The van der Waals surface area contributed by atoms with Gasteiger partial charge in [0.15, 0.2) is 0 Å². The summed E-state index contributed by atoms with van der Waals surface area (Å²) in [6.45, 7) is 2.78. The molecule has 3 aromatic rings. The van der Waals surface area contributed by atoms with Crippen LogP contribution in [0.2, 0.25) is 0 Å². The molecule has 2 aromatic carbocycles. The summed E-state index contributed by atoms with van der Waals surface area (Å²) in [5.41, 5.74) is 1.76. The molecule has 1 aromatic heterocycles. The lowest BCUT2D eigenvalue weighted by Gasteiger charge is -2.19. The molecular formula is C20H19F2NS. The summed E-state index contributed by atoms with van der Waals surface area (Å²) in [4.78, 5) is 2.49. The molecule has 1 nitrogen and oxygen atoms in total. The molecule has 0 spiro atoms. The lowest BCUT2D eigenvalue weighted by molar-refractivity contribution is 0.526. The van der Waals surface area contributed by atoms with Gasteiger partial charge in [-0.2, -0.15) is 0 Å². The Morgan fingerprint density at radius 2 is 1.71 bits per heavy atom. The van der Waals surface area contributed by atoms with Crippen molar-refractivity contribution in [3.05, 3.63) is 93.2 Å². The second-order valence-corrected chi connectivity index (χ2v) is 7.21. The van der Waals surface area contributed by atoms with Gasteiger partial charge in [0, 0.05) is 22.3 Å². The van der Waals surface area contributed by atoms with E-state index in [1.54, 1.807) is 23.5 Å². The lowest BCUT2D eigenvalue weighted by atomic mass is 9.98. The summed E-state index contributed by atoms with van der Waals surface area (Å²) >= 11 is 1.74. The van der Waals surface area contributed by atoms with E-state index in [-0.39, 0.29) is 17.7 Å². The van der Waals surface area contributed by atoms with Gasteiger partial charge in [-0.1, -0.05) is 24.3 Å². The molecule has 0 saturated heterocycles. The third-order valence-corrected chi connectivity index (χ3v) is 4.90. The Labute approximate surface area is 145 Å². The van der Waals surface area contributed by atoms with Gasteiger partial charge in [0.1, 0.15) is 11.6 Å². The first-order valence-corrected chi connectivity index (χ1v) is 8.70. The van der Waals surface area contributed by atoms with E-state index in [1.807, 2.05) is 12.1 Å². The van der Waals surface area contributed by atoms with E-state index in [9.17, 15) is 8.78 Å². The number of thiophene rings is 1. The third kappa shape index (κ3) is 4.49. The molecule has 1 atom stereocenters. The lowest BCUT2D eigenvalue weighted by Crippen LogP contribution is -2.22. The molecule has 0 aliphatic rings. The standard InChI is InChI=1S/C20H19F2NS/c1-14-8-9-19(24-14)13-23-20(16-5-3-7-18(22)12-16)11-15-4-2-6-17(21)10-15/h2-10,12,20,23H,11,13H2,1H3. The van der Waals surface area contributed by atoms with Crippen LogP contribution in [0, 0.1) is 18.6 Å². The molecule has 0 aliphatic heterocycles. The Balaban J connectivity index is 1.80.